The summed E-state index contributed by atoms with van der Waals surface area (Å²) in [6.45, 7) is 2.80. The molecule has 5 rings (SSSR count). The van der Waals surface area contributed by atoms with Crippen molar-refractivity contribution in [1.82, 2.24) is 0 Å². The Hall–Kier alpha value is -3.23. The van der Waals surface area contributed by atoms with Crippen LogP contribution in [-0.2, 0) is 11.4 Å². The number of hydrogen-bond donors (Lipinski definition) is 0. The quantitative estimate of drug-likeness (QED) is 0.178. The van der Waals surface area contributed by atoms with Crippen LogP contribution in [0.4, 0.5) is 11.4 Å². The number of nitrogens with zero attached hydrogens (tertiary/aromatic N) is 2. The van der Waals surface area contributed by atoms with E-state index in [1.165, 1.54) is 11.8 Å². The molecule has 0 radical (unpaired) electrons. The Morgan fingerprint density at radius 1 is 0.875 bits per heavy atom. The van der Waals surface area contributed by atoms with E-state index in [2.05, 4.69) is 15.9 Å². The van der Waals surface area contributed by atoms with E-state index < -0.39 is 0 Å². The number of amidine groups is 1. The molecule has 0 spiro atoms. The van der Waals surface area contributed by atoms with Gasteiger partial charge in [0.25, 0.3) is 5.91 Å². The Balaban J connectivity index is 1.44. The number of rotatable bonds is 8. The van der Waals surface area contributed by atoms with Gasteiger partial charge >= 0.3 is 0 Å². The standard InChI is InChI=1S/C31H23BrCl2N2O3S/c1-2-38-28-17-21(5-16-27(28)39-19-20-3-6-22(32)7-4-20)18-29-30(37)36(26-14-10-24(34)11-15-26)31(40-29)35-25-12-8-23(33)9-13-25/h3-18H,2,19H2,1H3/b29-18-,35-31?. The highest BCUT2D eigenvalue weighted by molar-refractivity contribution is 9.10. The molecule has 0 N–H and O–H groups in total. The third kappa shape index (κ3) is 6.91. The molecule has 1 fully saturated rings. The lowest BCUT2D eigenvalue weighted by Crippen LogP contribution is -2.28. The highest BCUT2D eigenvalue weighted by Gasteiger charge is 2.34. The Kier molecular flexibility index (Phi) is 9.17. The zero-order chi connectivity index (χ0) is 28.1. The summed E-state index contributed by atoms with van der Waals surface area (Å²) in [5, 5.41) is 1.73. The van der Waals surface area contributed by atoms with E-state index in [4.69, 9.17) is 37.7 Å². The first-order chi connectivity index (χ1) is 19.4. The predicted molar refractivity (Wildman–Crippen MR) is 169 cm³/mol. The molecule has 0 atom stereocenters. The number of amides is 1. The lowest BCUT2D eigenvalue weighted by molar-refractivity contribution is -0.113. The topological polar surface area (TPSA) is 51.1 Å². The molecule has 0 aromatic heterocycles. The molecule has 4 aromatic carbocycles. The third-order valence-electron chi connectivity index (χ3n) is 5.82. The highest BCUT2D eigenvalue weighted by atomic mass is 79.9. The predicted octanol–water partition coefficient (Wildman–Crippen LogP) is 9.54. The summed E-state index contributed by atoms with van der Waals surface area (Å²) in [6, 6.07) is 27.8. The summed E-state index contributed by atoms with van der Waals surface area (Å²) in [5.41, 5.74) is 3.20. The van der Waals surface area contributed by atoms with Gasteiger partial charge in [-0.05, 0) is 109 Å². The number of benzene rings is 4. The maximum Gasteiger partial charge on any atom is 0.271 e. The van der Waals surface area contributed by atoms with E-state index in [-0.39, 0.29) is 5.91 Å². The van der Waals surface area contributed by atoms with E-state index in [0.29, 0.717) is 56.2 Å². The minimum absolute atomic E-state index is 0.187. The van der Waals surface area contributed by atoms with Gasteiger partial charge in [-0.3, -0.25) is 9.69 Å². The summed E-state index contributed by atoms with van der Waals surface area (Å²) >= 11 is 16.9. The molecule has 1 amide bonds. The molecule has 40 heavy (non-hydrogen) atoms. The number of carbonyl (C=O) groups is 1. The summed E-state index contributed by atoms with van der Waals surface area (Å²) in [7, 11) is 0. The van der Waals surface area contributed by atoms with Crippen LogP contribution < -0.4 is 14.4 Å². The molecule has 1 saturated heterocycles. The number of ether oxygens (including phenoxy) is 2. The van der Waals surface area contributed by atoms with E-state index >= 15 is 0 Å². The van der Waals surface area contributed by atoms with Crippen LogP contribution >= 0.6 is 50.9 Å². The van der Waals surface area contributed by atoms with Crippen LogP contribution in [0.25, 0.3) is 6.08 Å². The van der Waals surface area contributed by atoms with Crippen LogP contribution in [0, 0.1) is 0 Å². The number of carbonyl (C=O) groups excluding carboxylic acids is 1. The van der Waals surface area contributed by atoms with Crippen molar-refractivity contribution < 1.29 is 14.3 Å². The molecule has 0 aliphatic carbocycles. The van der Waals surface area contributed by atoms with Gasteiger partial charge in [0.15, 0.2) is 16.7 Å². The fourth-order valence-electron chi connectivity index (χ4n) is 3.89. The molecule has 202 valence electrons. The van der Waals surface area contributed by atoms with Crippen molar-refractivity contribution in [2.45, 2.75) is 13.5 Å². The van der Waals surface area contributed by atoms with Crippen molar-refractivity contribution in [3.8, 4) is 11.5 Å². The molecule has 0 bridgehead atoms. The van der Waals surface area contributed by atoms with Crippen LogP contribution in [0.5, 0.6) is 11.5 Å². The Morgan fingerprint density at radius 3 is 2.23 bits per heavy atom. The normalized spacial score (nSPS) is 15.2. The van der Waals surface area contributed by atoms with Crippen LogP contribution in [-0.4, -0.2) is 17.7 Å². The average molecular weight is 654 g/mol. The van der Waals surface area contributed by atoms with Gasteiger partial charge < -0.3 is 9.47 Å². The number of halogens is 3. The molecular formula is C31H23BrCl2N2O3S. The second-order valence-corrected chi connectivity index (χ2v) is 11.5. The number of hydrogen-bond acceptors (Lipinski definition) is 5. The first-order valence-corrected chi connectivity index (χ1v) is 14.7. The summed E-state index contributed by atoms with van der Waals surface area (Å²) in [5.74, 6) is 1.05. The second-order valence-electron chi connectivity index (χ2n) is 8.65. The van der Waals surface area contributed by atoms with Crippen LogP contribution in [0.1, 0.15) is 18.1 Å². The fourth-order valence-corrected chi connectivity index (χ4v) is 5.40. The first kappa shape index (κ1) is 28.3. The summed E-state index contributed by atoms with van der Waals surface area (Å²) in [6.07, 6.45) is 1.83. The molecule has 4 aromatic rings. The molecule has 1 aliphatic heterocycles. The van der Waals surface area contributed by atoms with Gasteiger partial charge in [0, 0.05) is 14.5 Å². The minimum Gasteiger partial charge on any atom is -0.490 e. The van der Waals surface area contributed by atoms with Gasteiger partial charge in [-0.15, -0.1) is 0 Å². The van der Waals surface area contributed by atoms with Crippen molar-refractivity contribution in [3.63, 3.8) is 0 Å². The molecule has 0 saturated carbocycles. The third-order valence-corrected chi connectivity index (χ3v) is 7.82. The van der Waals surface area contributed by atoms with Crippen molar-refractivity contribution in [3.05, 3.63) is 122 Å². The van der Waals surface area contributed by atoms with Crippen LogP contribution in [0.15, 0.2) is 105 Å². The number of thioether (sulfide) groups is 1. The van der Waals surface area contributed by atoms with Gasteiger partial charge in [-0.25, -0.2) is 4.99 Å². The summed E-state index contributed by atoms with van der Waals surface area (Å²) in [4.78, 5) is 20.5. The maximum absolute atomic E-state index is 13.7. The zero-order valence-corrected chi connectivity index (χ0v) is 25.2. The molecule has 0 unspecified atom stereocenters. The van der Waals surface area contributed by atoms with E-state index in [0.717, 1.165) is 15.6 Å². The first-order valence-electron chi connectivity index (χ1n) is 12.4. The van der Waals surface area contributed by atoms with E-state index in [1.807, 2.05) is 67.6 Å². The maximum atomic E-state index is 13.7. The van der Waals surface area contributed by atoms with Crippen molar-refractivity contribution in [2.24, 2.45) is 4.99 Å². The summed E-state index contributed by atoms with van der Waals surface area (Å²) < 4.78 is 12.9. The van der Waals surface area contributed by atoms with E-state index in [9.17, 15) is 4.79 Å². The monoisotopic (exact) mass is 652 g/mol. The van der Waals surface area contributed by atoms with Crippen molar-refractivity contribution in [2.75, 3.05) is 11.5 Å². The SMILES string of the molecule is CCOc1cc(/C=C2\SC(=Nc3ccc(Cl)cc3)N(c3ccc(Cl)cc3)C2=O)ccc1OCc1ccc(Br)cc1. The Morgan fingerprint density at radius 2 is 1.55 bits per heavy atom. The number of aliphatic imine (C=N–C) groups is 1. The minimum atomic E-state index is -0.187. The molecule has 1 aliphatic rings. The lowest BCUT2D eigenvalue weighted by atomic mass is 10.1. The van der Waals surface area contributed by atoms with Crippen molar-refractivity contribution in [1.29, 1.82) is 0 Å². The van der Waals surface area contributed by atoms with Gasteiger partial charge in [0.2, 0.25) is 0 Å². The van der Waals surface area contributed by atoms with Gasteiger partial charge in [-0.1, -0.05) is 57.3 Å². The fraction of sp³-hybridized carbons (Fsp3) is 0.0968. The smallest absolute Gasteiger partial charge is 0.271 e. The van der Waals surface area contributed by atoms with Crippen LogP contribution in [0.3, 0.4) is 0 Å². The van der Waals surface area contributed by atoms with Gasteiger partial charge in [0.05, 0.1) is 22.9 Å². The van der Waals surface area contributed by atoms with Crippen molar-refractivity contribution >= 4 is 79.4 Å². The number of anilines is 1. The second kappa shape index (κ2) is 13.0. The highest BCUT2D eigenvalue weighted by Crippen LogP contribution is 2.39. The lowest BCUT2D eigenvalue weighted by Gasteiger charge is -2.15. The molecule has 1 heterocycles. The van der Waals surface area contributed by atoms with E-state index in [1.54, 1.807) is 41.3 Å². The Bertz CT molecular complexity index is 1570. The Labute approximate surface area is 255 Å². The average Bonchev–Trinajstić information content (AvgIpc) is 3.25. The van der Waals surface area contributed by atoms with Crippen LogP contribution in [0.2, 0.25) is 10.0 Å². The van der Waals surface area contributed by atoms with Gasteiger partial charge in [-0.2, -0.15) is 0 Å². The largest absolute Gasteiger partial charge is 0.490 e. The molecule has 9 heteroatoms. The molecular weight excluding hydrogens is 631 g/mol. The zero-order valence-electron chi connectivity index (χ0n) is 21.3. The van der Waals surface area contributed by atoms with Gasteiger partial charge in [0.1, 0.15) is 6.61 Å². The molecule has 5 nitrogen and oxygen atoms in total.